The van der Waals surface area contributed by atoms with Crippen LogP contribution in [-0.4, -0.2) is 30.6 Å². The zero-order valence-electron chi connectivity index (χ0n) is 11.5. The molecule has 1 saturated carbocycles. The van der Waals surface area contributed by atoms with E-state index in [4.69, 9.17) is 9.84 Å². The Kier molecular flexibility index (Phi) is 4.61. The smallest absolute Gasteiger partial charge is 0.341 e. The van der Waals surface area contributed by atoms with Crippen LogP contribution in [0.2, 0.25) is 0 Å². The highest BCUT2D eigenvalue weighted by atomic mass is 16.5. The highest BCUT2D eigenvalue weighted by Crippen LogP contribution is 2.30. The fraction of sp³-hybridized carbons (Fsp3) is 0.467. The zero-order valence-corrected chi connectivity index (χ0v) is 11.5. The fourth-order valence-electron chi connectivity index (χ4n) is 2.14. The Morgan fingerprint density at radius 2 is 1.95 bits per heavy atom. The van der Waals surface area contributed by atoms with E-state index in [1.807, 2.05) is 0 Å². The molecule has 0 heterocycles. The summed E-state index contributed by atoms with van der Waals surface area (Å²) in [5.74, 6) is 0.134. The lowest BCUT2D eigenvalue weighted by Gasteiger charge is -2.27. The number of benzene rings is 1. The predicted molar refractivity (Wildman–Crippen MR) is 74.9 cm³/mol. The van der Waals surface area contributed by atoms with Gasteiger partial charge in [0.25, 0.3) is 0 Å². The van der Waals surface area contributed by atoms with E-state index >= 15 is 0 Å². The number of amides is 1. The Morgan fingerprint density at radius 1 is 1.30 bits per heavy atom. The number of carboxylic acids is 1. The SMILES string of the molecule is CN(C(=O)CC1CCC1)c1ccc(OCC(=O)O)cc1. The van der Waals surface area contributed by atoms with Crippen molar-refractivity contribution < 1.29 is 19.4 Å². The average Bonchev–Trinajstić information content (AvgIpc) is 2.40. The van der Waals surface area contributed by atoms with Gasteiger partial charge in [-0.2, -0.15) is 0 Å². The second kappa shape index (κ2) is 6.41. The lowest BCUT2D eigenvalue weighted by Crippen LogP contribution is -2.29. The molecule has 1 aliphatic rings. The summed E-state index contributed by atoms with van der Waals surface area (Å²) in [6.07, 6.45) is 4.15. The van der Waals surface area contributed by atoms with Gasteiger partial charge in [0.2, 0.25) is 5.91 Å². The first-order chi connectivity index (χ1) is 9.56. The van der Waals surface area contributed by atoms with E-state index in [1.165, 1.54) is 6.42 Å². The largest absolute Gasteiger partial charge is 0.482 e. The molecule has 0 saturated heterocycles. The number of aliphatic carboxylic acids is 1. The van der Waals surface area contributed by atoms with Gasteiger partial charge in [-0.15, -0.1) is 0 Å². The van der Waals surface area contributed by atoms with Gasteiger partial charge in [0.05, 0.1) is 0 Å². The summed E-state index contributed by atoms with van der Waals surface area (Å²) in [4.78, 5) is 24.1. The van der Waals surface area contributed by atoms with Gasteiger partial charge in [-0.1, -0.05) is 6.42 Å². The monoisotopic (exact) mass is 277 g/mol. The van der Waals surface area contributed by atoms with E-state index < -0.39 is 5.97 Å². The van der Waals surface area contributed by atoms with Crippen molar-refractivity contribution in [3.05, 3.63) is 24.3 Å². The van der Waals surface area contributed by atoms with E-state index in [0.717, 1.165) is 18.5 Å². The molecule has 2 rings (SSSR count). The average molecular weight is 277 g/mol. The number of carbonyl (C=O) groups is 2. The third-order valence-electron chi connectivity index (χ3n) is 3.65. The minimum atomic E-state index is -1.01. The van der Waals surface area contributed by atoms with Crippen LogP contribution in [0.25, 0.3) is 0 Å². The molecule has 1 aromatic rings. The highest BCUT2D eigenvalue weighted by Gasteiger charge is 2.22. The van der Waals surface area contributed by atoms with Gasteiger partial charge >= 0.3 is 5.97 Å². The summed E-state index contributed by atoms with van der Waals surface area (Å²) >= 11 is 0. The van der Waals surface area contributed by atoms with E-state index in [-0.39, 0.29) is 12.5 Å². The molecule has 0 aromatic heterocycles. The quantitative estimate of drug-likeness (QED) is 0.866. The lowest BCUT2D eigenvalue weighted by atomic mass is 9.83. The van der Waals surface area contributed by atoms with Gasteiger partial charge in [-0.05, 0) is 43.0 Å². The molecule has 1 fully saturated rings. The maximum absolute atomic E-state index is 12.1. The van der Waals surface area contributed by atoms with E-state index in [1.54, 1.807) is 36.2 Å². The number of hydrogen-bond donors (Lipinski definition) is 1. The molecule has 1 aliphatic carbocycles. The Morgan fingerprint density at radius 3 is 2.45 bits per heavy atom. The third-order valence-corrected chi connectivity index (χ3v) is 3.65. The van der Waals surface area contributed by atoms with Crippen LogP contribution in [-0.2, 0) is 9.59 Å². The molecule has 5 nitrogen and oxygen atoms in total. The summed E-state index contributed by atoms with van der Waals surface area (Å²) < 4.78 is 5.05. The van der Waals surface area contributed by atoms with Gasteiger partial charge in [0.1, 0.15) is 5.75 Å². The Bertz CT molecular complexity index is 479. The van der Waals surface area contributed by atoms with Gasteiger partial charge in [0.15, 0.2) is 6.61 Å². The van der Waals surface area contributed by atoms with Crippen molar-refractivity contribution in [2.45, 2.75) is 25.7 Å². The Labute approximate surface area is 118 Å². The molecular weight excluding hydrogens is 258 g/mol. The van der Waals surface area contributed by atoms with Gasteiger partial charge in [-0.25, -0.2) is 4.79 Å². The molecular formula is C15H19NO4. The zero-order chi connectivity index (χ0) is 14.5. The molecule has 0 bridgehead atoms. The van der Waals surface area contributed by atoms with Crippen molar-refractivity contribution in [3.8, 4) is 5.75 Å². The van der Waals surface area contributed by atoms with E-state index in [2.05, 4.69) is 0 Å². The summed E-state index contributed by atoms with van der Waals surface area (Å²) in [5.41, 5.74) is 0.789. The van der Waals surface area contributed by atoms with Crippen LogP contribution in [0.15, 0.2) is 24.3 Å². The van der Waals surface area contributed by atoms with Crippen molar-refractivity contribution in [2.75, 3.05) is 18.6 Å². The maximum Gasteiger partial charge on any atom is 0.341 e. The molecule has 1 aromatic carbocycles. The van der Waals surface area contributed by atoms with Crippen LogP contribution in [0, 0.1) is 5.92 Å². The summed E-state index contributed by atoms with van der Waals surface area (Å²) in [7, 11) is 1.76. The van der Waals surface area contributed by atoms with E-state index in [9.17, 15) is 9.59 Å². The molecule has 0 atom stereocenters. The molecule has 5 heteroatoms. The van der Waals surface area contributed by atoms with Gasteiger partial charge < -0.3 is 14.7 Å². The van der Waals surface area contributed by atoms with Crippen molar-refractivity contribution >= 4 is 17.6 Å². The topological polar surface area (TPSA) is 66.8 Å². The van der Waals surface area contributed by atoms with Gasteiger partial charge in [-0.3, -0.25) is 4.79 Å². The number of hydrogen-bond acceptors (Lipinski definition) is 3. The Balaban J connectivity index is 1.90. The van der Waals surface area contributed by atoms with Crippen LogP contribution in [0.5, 0.6) is 5.75 Å². The minimum absolute atomic E-state index is 0.119. The van der Waals surface area contributed by atoms with Crippen LogP contribution in [0.3, 0.4) is 0 Å². The number of rotatable bonds is 6. The summed E-state index contributed by atoms with van der Waals surface area (Å²) in [5, 5.41) is 8.53. The van der Waals surface area contributed by atoms with Crippen LogP contribution in [0.1, 0.15) is 25.7 Å². The molecule has 0 aliphatic heterocycles. The molecule has 108 valence electrons. The van der Waals surface area contributed by atoms with Crippen LogP contribution < -0.4 is 9.64 Å². The van der Waals surface area contributed by atoms with Crippen molar-refractivity contribution in [2.24, 2.45) is 5.92 Å². The normalized spacial score (nSPS) is 14.4. The first-order valence-electron chi connectivity index (χ1n) is 6.77. The molecule has 0 spiro atoms. The van der Waals surface area contributed by atoms with Crippen LogP contribution in [0.4, 0.5) is 5.69 Å². The highest BCUT2D eigenvalue weighted by molar-refractivity contribution is 5.93. The predicted octanol–water partition coefficient (Wildman–Crippen LogP) is 2.30. The number of ether oxygens (including phenoxy) is 1. The fourth-order valence-corrected chi connectivity index (χ4v) is 2.14. The minimum Gasteiger partial charge on any atom is -0.482 e. The molecule has 1 N–H and O–H groups in total. The number of carboxylic acid groups (broad SMARTS) is 1. The number of anilines is 1. The molecule has 20 heavy (non-hydrogen) atoms. The number of nitrogens with zero attached hydrogens (tertiary/aromatic N) is 1. The molecule has 0 radical (unpaired) electrons. The van der Waals surface area contributed by atoms with E-state index in [0.29, 0.717) is 18.1 Å². The molecule has 1 amide bonds. The maximum atomic E-state index is 12.1. The third kappa shape index (κ3) is 3.73. The van der Waals surface area contributed by atoms with Gasteiger partial charge in [0, 0.05) is 19.2 Å². The van der Waals surface area contributed by atoms with Crippen molar-refractivity contribution in [1.82, 2.24) is 0 Å². The van der Waals surface area contributed by atoms with Crippen molar-refractivity contribution in [3.63, 3.8) is 0 Å². The first kappa shape index (κ1) is 14.4. The second-order valence-corrected chi connectivity index (χ2v) is 5.13. The summed E-state index contributed by atoms with van der Waals surface area (Å²) in [6, 6.07) is 6.86. The Hall–Kier alpha value is -2.04. The van der Waals surface area contributed by atoms with Crippen LogP contribution >= 0.6 is 0 Å². The number of carbonyl (C=O) groups excluding carboxylic acids is 1. The molecule has 0 unspecified atom stereocenters. The summed E-state index contributed by atoms with van der Waals surface area (Å²) in [6.45, 7) is -0.365. The van der Waals surface area contributed by atoms with Crippen molar-refractivity contribution in [1.29, 1.82) is 0 Å². The first-order valence-corrected chi connectivity index (χ1v) is 6.77. The lowest BCUT2D eigenvalue weighted by molar-refractivity contribution is -0.139. The standard InChI is InChI=1S/C15H19NO4/c1-16(14(17)9-11-3-2-4-11)12-5-7-13(8-6-12)20-10-15(18)19/h5-8,11H,2-4,9-10H2,1H3,(H,18,19). The second-order valence-electron chi connectivity index (χ2n) is 5.13.